The van der Waals surface area contributed by atoms with Crippen LogP contribution in [0.25, 0.3) is 0 Å². The number of hydrogen-bond donors (Lipinski definition) is 0. The minimum atomic E-state index is -4.14. The van der Waals surface area contributed by atoms with E-state index < -0.39 is 22.5 Å². The zero-order chi connectivity index (χ0) is 23.6. The molecule has 0 aliphatic rings. The van der Waals surface area contributed by atoms with E-state index in [2.05, 4.69) is 0 Å². The highest BCUT2D eigenvalue weighted by Crippen LogP contribution is 2.30. The number of benzene rings is 3. The smallest absolute Gasteiger partial charge is 0.278 e. The summed E-state index contributed by atoms with van der Waals surface area (Å²) in [6.07, 6.45) is 0. The van der Waals surface area contributed by atoms with Gasteiger partial charge in [0.2, 0.25) is 0 Å². The molecule has 0 heterocycles. The molecule has 0 atom stereocenters. The minimum Gasteiger partial charge on any atom is -0.483 e. The Morgan fingerprint density at radius 3 is 2.03 bits per heavy atom. The number of nitrogens with zero attached hydrogens (tertiary/aromatic N) is 1. The van der Waals surface area contributed by atoms with Crippen molar-refractivity contribution in [3.05, 3.63) is 88.0 Å². The van der Waals surface area contributed by atoms with Crippen molar-refractivity contribution >= 4 is 21.6 Å². The van der Waals surface area contributed by atoms with Crippen molar-refractivity contribution < 1.29 is 17.9 Å². The second-order valence-electron chi connectivity index (χ2n) is 8.14. The monoisotopic (exact) mass is 451 g/mol. The Morgan fingerprint density at radius 2 is 1.38 bits per heavy atom. The highest BCUT2D eigenvalue weighted by atomic mass is 32.2. The van der Waals surface area contributed by atoms with Crippen molar-refractivity contribution in [1.82, 2.24) is 0 Å². The third-order valence-corrected chi connectivity index (χ3v) is 7.54. The molecule has 0 aromatic heterocycles. The summed E-state index contributed by atoms with van der Waals surface area (Å²) in [5.41, 5.74) is 5.74. The molecule has 0 saturated carbocycles. The SMILES string of the molecule is Cc1ccc(S(=O)(=O)N(C(=O)COc2c(C)ccc(C)c2C)c2cccc(C)c2C)cc1. The lowest BCUT2D eigenvalue weighted by atomic mass is 10.1. The fourth-order valence-electron chi connectivity index (χ4n) is 3.51. The van der Waals surface area contributed by atoms with Crippen LogP contribution in [0.1, 0.15) is 33.4 Å². The summed E-state index contributed by atoms with van der Waals surface area (Å²) < 4.78 is 33.9. The number of ether oxygens (including phenoxy) is 1. The molecule has 0 unspecified atom stereocenters. The van der Waals surface area contributed by atoms with Crippen LogP contribution < -0.4 is 9.04 Å². The number of anilines is 1. The Balaban J connectivity index is 2.05. The average Bonchev–Trinajstić information content (AvgIpc) is 2.74. The molecule has 6 heteroatoms. The minimum absolute atomic E-state index is 0.0558. The lowest BCUT2D eigenvalue weighted by molar-refractivity contribution is -0.119. The molecule has 0 radical (unpaired) electrons. The van der Waals surface area contributed by atoms with Crippen LogP contribution in [-0.2, 0) is 14.8 Å². The molecule has 0 bridgehead atoms. The van der Waals surface area contributed by atoms with Gasteiger partial charge in [0.25, 0.3) is 15.9 Å². The van der Waals surface area contributed by atoms with Gasteiger partial charge in [0.05, 0.1) is 10.6 Å². The number of aryl methyl sites for hydroxylation is 4. The standard InChI is InChI=1S/C26H29NO4S/c1-17-10-14-23(15-11-17)32(29,30)27(24-9-7-8-18(2)21(24)5)25(28)16-31-26-20(4)13-12-19(3)22(26)6/h7-15H,16H2,1-6H3. The quantitative estimate of drug-likeness (QED) is 0.508. The number of hydrogen-bond acceptors (Lipinski definition) is 4. The molecule has 0 aliphatic carbocycles. The Labute approximate surface area is 190 Å². The zero-order valence-electron chi connectivity index (χ0n) is 19.4. The lowest BCUT2D eigenvalue weighted by Gasteiger charge is -2.25. The molecule has 3 aromatic rings. The van der Waals surface area contributed by atoms with Crippen LogP contribution in [-0.4, -0.2) is 20.9 Å². The third-order valence-electron chi connectivity index (χ3n) is 5.79. The van der Waals surface area contributed by atoms with Gasteiger partial charge in [0, 0.05) is 0 Å². The molecule has 168 valence electrons. The second kappa shape index (κ2) is 9.17. The number of amides is 1. The van der Waals surface area contributed by atoms with Crippen LogP contribution in [0.5, 0.6) is 5.75 Å². The van der Waals surface area contributed by atoms with Gasteiger partial charge >= 0.3 is 0 Å². The Hall–Kier alpha value is -3.12. The number of rotatable bonds is 6. The van der Waals surface area contributed by atoms with Gasteiger partial charge in [-0.05, 0) is 87.6 Å². The Kier molecular flexibility index (Phi) is 6.74. The summed E-state index contributed by atoms with van der Waals surface area (Å²) in [7, 11) is -4.14. The maximum atomic E-state index is 13.6. The maximum Gasteiger partial charge on any atom is 0.278 e. The van der Waals surface area contributed by atoms with Crippen molar-refractivity contribution in [2.24, 2.45) is 0 Å². The van der Waals surface area contributed by atoms with Crippen molar-refractivity contribution in [3.8, 4) is 5.75 Å². The zero-order valence-corrected chi connectivity index (χ0v) is 20.2. The largest absolute Gasteiger partial charge is 0.483 e. The lowest BCUT2D eigenvalue weighted by Crippen LogP contribution is -2.40. The van der Waals surface area contributed by atoms with Crippen molar-refractivity contribution in [3.63, 3.8) is 0 Å². The van der Waals surface area contributed by atoms with Gasteiger partial charge in [-0.1, -0.05) is 42.0 Å². The normalized spacial score (nSPS) is 11.3. The summed E-state index contributed by atoms with van der Waals surface area (Å²) in [6.45, 7) is 11.0. The predicted molar refractivity (Wildman–Crippen MR) is 128 cm³/mol. The third kappa shape index (κ3) is 4.55. The van der Waals surface area contributed by atoms with Gasteiger partial charge in [-0.15, -0.1) is 0 Å². The Bertz CT molecular complexity index is 1260. The van der Waals surface area contributed by atoms with Gasteiger partial charge in [-0.25, -0.2) is 8.42 Å². The molecule has 5 nitrogen and oxygen atoms in total. The number of carbonyl (C=O) groups excluding carboxylic acids is 1. The first-order valence-corrected chi connectivity index (χ1v) is 11.9. The van der Waals surface area contributed by atoms with Crippen LogP contribution >= 0.6 is 0 Å². The van der Waals surface area contributed by atoms with Gasteiger partial charge < -0.3 is 4.74 Å². The second-order valence-corrected chi connectivity index (χ2v) is 9.92. The molecule has 0 spiro atoms. The van der Waals surface area contributed by atoms with E-state index >= 15 is 0 Å². The summed E-state index contributed by atoms with van der Waals surface area (Å²) in [5, 5.41) is 0. The summed E-state index contributed by atoms with van der Waals surface area (Å²) in [6, 6.07) is 15.7. The van der Waals surface area contributed by atoms with E-state index in [0.29, 0.717) is 11.4 Å². The summed E-state index contributed by atoms with van der Waals surface area (Å²) in [5.74, 6) is -0.0495. The van der Waals surface area contributed by atoms with Gasteiger partial charge in [0.1, 0.15) is 5.75 Å². The molecule has 3 aromatic carbocycles. The number of carbonyl (C=O) groups is 1. The van der Waals surface area contributed by atoms with E-state index in [-0.39, 0.29) is 4.90 Å². The van der Waals surface area contributed by atoms with Gasteiger partial charge in [0.15, 0.2) is 6.61 Å². The highest BCUT2D eigenvalue weighted by Gasteiger charge is 2.32. The van der Waals surface area contributed by atoms with Gasteiger partial charge in [-0.2, -0.15) is 4.31 Å². The van der Waals surface area contributed by atoms with E-state index in [0.717, 1.165) is 37.7 Å². The van der Waals surface area contributed by atoms with E-state index in [9.17, 15) is 13.2 Å². The van der Waals surface area contributed by atoms with Crippen LogP contribution in [0.3, 0.4) is 0 Å². The van der Waals surface area contributed by atoms with E-state index in [4.69, 9.17) is 4.74 Å². The molecule has 0 N–H and O–H groups in total. The topological polar surface area (TPSA) is 63.7 Å². The average molecular weight is 452 g/mol. The number of sulfonamides is 1. The molecule has 3 rings (SSSR count). The van der Waals surface area contributed by atoms with Crippen molar-refractivity contribution in [2.45, 2.75) is 46.4 Å². The molecular weight excluding hydrogens is 422 g/mol. The summed E-state index contributed by atoms with van der Waals surface area (Å²) >= 11 is 0. The first kappa shape index (κ1) is 23.5. The maximum absolute atomic E-state index is 13.6. The first-order chi connectivity index (χ1) is 15.0. The van der Waals surface area contributed by atoms with Crippen molar-refractivity contribution in [2.75, 3.05) is 10.9 Å². The van der Waals surface area contributed by atoms with E-state index in [1.807, 2.05) is 59.7 Å². The van der Waals surface area contributed by atoms with Crippen LogP contribution in [0, 0.1) is 41.5 Å². The molecule has 0 aliphatic heterocycles. The molecule has 0 fully saturated rings. The highest BCUT2D eigenvalue weighted by molar-refractivity contribution is 7.93. The van der Waals surface area contributed by atoms with Crippen LogP contribution in [0.2, 0.25) is 0 Å². The molecule has 1 amide bonds. The first-order valence-electron chi connectivity index (χ1n) is 10.4. The van der Waals surface area contributed by atoms with E-state index in [1.54, 1.807) is 24.3 Å². The van der Waals surface area contributed by atoms with Crippen LogP contribution in [0.15, 0.2) is 59.5 Å². The fourth-order valence-corrected chi connectivity index (χ4v) is 4.98. The Morgan fingerprint density at radius 1 is 0.781 bits per heavy atom. The molecule has 0 saturated heterocycles. The van der Waals surface area contributed by atoms with E-state index in [1.165, 1.54) is 12.1 Å². The summed E-state index contributed by atoms with van der Waals surface area (Å²) in [4.78, 5) is 13.5. The van der Waals surface area contributed by atoms with Crippen molar-refractivity contribution in [1.29, 1.82) is 0 Å². The predicted octanol–water partition coefficient (Wildman–Crippen LogP) is 5.34. The van der Waals surface area contributed by atoms with Gasteiger partial charge in [-0.3, -0.25) is 4.79 Å². The van der Waals surface area contributed by atoms with Crippen LogP contribution in [0.4, 0.5) is 5.69 Å². The molecule has 32 heavy (non-hydrogen) atoms. The fraction of sp³-hybridized carbons (Fsp3) is 0.269. The molecular formula is C26H29NO4S.